The Bertz CT molecular complexity index is 392. The molecule has 21 heavy (non-hydrogen) atoms. The fourth-order valence-electron chi connectivity index (χ4n) is 3.03. The molecular weight excluding hydrogens is 270 g/mol. The average Bonchev–Trinajstić information content (AvgIpc) is 2.46. The molecule has 0 saturated carbocycles. The smallest absolute Gasteiger partial charge is 0.245 e. The number of hydrogen-bond acceptors (Lipinski definition) is 4. The van der Waals surface area contributed by atoms with Gasteiger partial charge in [0, 0.05) is 19.1 Å². The van der Waals surface area contributed by atoms with Gasteiger partial charge in [0.15, 0.2) is 0 Å². The Morgan fingerprint density at radius 2 is 2.19 bits per heavy atom. The van der Waals surface area contributed by atoms with Crippen LogP contribution in [0.25, 0.3) is 0 Å². The number of carbonyl (C=O) groups is 2. The van der Waals surface area contributed by atoms with Crippen LogP contribution in [0.2, 0.25) is 0 Å². The maximum Gasteiger partial charge on any atom is 0.245 e. The van der Waals surface area contributed by atoms with Crippen LogP contribution in [0.4, 0.5) is 0 Å². The summed E-state index contributed by atoms with van der Waals surface area (Å²) in [6, 6.07) is -0.448. The minimum absolute atomic E-state index is 0.0586. The van der Waals surface area contributed by atoms with Crippen molar-refractivity contribution in [3.63, 3.8) is 0 Å². The third kappa shape index (κ3) is 3.74. The zero-order valence-corrected chi connectivity index (χ0v) is 13.3. The Morgan fingerprint density at radius 1 is 1.43 bits per heavy atom. The predicted molar refractivity (Wildman–Crippen MR) is 79.8 cm³/mol. The van der Waals surface area contributed by atoms with Gasteiger partial charge in [-0.15, -0.1) is 0 Å². The van der Waals surface area contributed by atoms with E-state index in [0.29, 0.717) is 19.7 Å². The summed E-state index contributed by atoms with van der Waals surface area (Å²) < 4.78 is 5.42. The zero-order chi connectivity index (χ0) is 15.5. The lowest BCUT2D eigenvalue weighted by atomic mass is 9.81. The van der Waals surface area contributed by atoms with Gasteiger partial charge in [-0.1, -0.05) is 0 Å². The highest BCUT2D eigenvalue weighted by Gasteiger charge is 2.42. The molecule has 0 radical (unpaired) electrons. The fraction of sp³-hybridized carbons (Fsp3) is 0.867. The number of nitrogens with zero attached hydrogens (tertiary/aromatic N) is 1. The predicted octanol–water partition coefficient (Wildman–Crippen LogP) is 0.128. The van der Waals surface area contributed by atoms with Gasteiger partial charge in [-0.25, -0.2) is 0 Å². The van der Waals surface area contributed by atoms with Crippen LogP contribution in [-0.4, -0.2) is 61.6 Å². The van der Waals surface area contributed by atoms with Crippen molar-refractivity contribution in [3.8, 4) is 0 Å². The highest BCUT2D eigenvalue weighted by molar-refractivity contribution is 5.90. The van der Waals surface area contributed by atoms with Crippen LogP contribution in [0.1, 0.15) is 33.6 Å². The molecule has 0 aliphatic carbocycles. The van der Waals surface area contributed by atoms with E-state index in [1.165, 1.54) is 0 Å². The summed E-state index contributed by atoms with van der Waals surface area (Å²) in [5, 5.41) is 6.18. The van der Waals surface area contributed by atoms with Crippen molar-refractivity contribution in [1.29, 1.82) is 0 Å². The molecule has 0 aromatic carbocycles. The number of carbonyl (C=O) groups excluding carboxylic acids is 2. The molecule has 0 aromatic heterocycles. The molecule has 0 aromatic rings. The Morgan fingerprint density at radius 3 is 2.81 bits per heavy atom. The lowest BCUT2D eigenvalue weighted by molar-refractivity contribution is -0.156. The zero-order valence-electron chi connectivity index (χ0n) is 13.3. The molecule has 2 N–H and O–H groups in total. The van der Waals surface area contributed by atoms with Gasteiger partial charge in [-0.05, 0) is 40.2 Å². The molecular formula is C15H27N3O3. The van der Waals surface area contributed by atoms with Crippen molar-refractivity contribution >= 4 is 11.8 Å². The molecule has 6 nitrogen and oxygen atoms in total. The Balaban J connectivity index is 2.10. The maximum atomic E-state index is 12.9. The Labute approximate surface area is 126 Å². The Kier molecular flexibility index (Phi) is 5.22. The largest absolute Gasteiger partial charge is 0.377 e. The molecule has 2 heterocycles. The minimum Gasteiger partial charge on any atom is -0.377 e. The van der Waals surface area contributed by atoms with E-state index >= 15 is 0 Å². The van der Waals surface area contributed by atoms with Crippen LogP contribution in [0.5, 0.6) is 0 Å². The number of nitrogens with one attached hydrogen (secondary N) is 2. The molecule has 6 heteroatoms. The van der Waals surface area contributed by atoms with Crippen molar-refractivity contribution in [3.05, 3.63) is 0 Å². The molecule has 2 unspecified atom stereocenters. The van der Waals surface area contributed by atoms with E-state index < -0.39 is 11.5 Å². The molecule has 2 aliphatic rings. The maximum absolute atomic E-state index is 12.9. The molecule has 0 spiro atoms. The fourth-order valence-corrected chi connectivity index (χ4v) is 3.03. The van der Waals surface area contributed by atoms with Crippen LogP contribution in [0.15, 0.2) is 0 Å². The van der Waals surface area contributed by atoms with Crippen LogP contribution in [0.3, 0.4) is 0 Å². The summed E-state index contributed by atoms with van der Waals surface area (Å²) in [5.74, 6) is -0.0488. The third-order valence-corrected chi connectivity index (χ3v) is 4.24. The van der Waals surface area contributed by atoms with Gasteiger partial charge in [-0.2, -0.15) is 0 Å². The van der Waals surface area contributed by atoms with E-state index in [2.05, 4.69) is 10.6 Å². The van der Waals surface area contributed by atoms with Crippen LogP contribution < -0.4 is 10.6 Å². The van der Waals surface area contributed by atoms with E-state index in [-0.39, 0.29) is 24.5 Å². The average molecular weight is 297 g/mol. The van der Waals surface area contributed by atoms with Gasteiger partial charge < -0.3 is 20.3 Å². The van der Waals surface area contributed by atoms with E-state index in [1.54, 1.807) is 4.90 Å². The van der Waals surface area contributed by atoms with Crippen LogP contribution in [-0.2, 0) is 14.3 Å². The quantitative estimate of drug-likeness (QED) is 0.777. The Hall–Kier alpha value is -1.14. The number of hydrogen-bond donors (Lipinski definition) is 2. The van der Waals surface area contributed by atoms with Crippen molar-refractivity contribution in [2.45, 2.75) is 45.7 Å². The summed E-state index contributed by atoms with van der Waals surface area (Å²) in [6.45, 7) is 8.75. The number of piperidine rings is 1. The first-order valence-corrected chi connectivity index (χ1v) is 7.84. The first kappa shape index (κ1) is 16.2. The van der Waals surface area contributed by atoms with Crippen molar-refractivity contribution < 1.29 is 14.3 Å². The normalized spacial score (nSPS) is 30.3. The lowest BCUT2D eigenvalue weighted by Crippen LogP contribution is -2.61. The summed E-state index contributed by atoms with van der Waals surface area (Å²) in [6.07, 6.45) is 1.87. The number of morpholine rings is 1. The van der Waals surface area contributed by atoms with E-state index in [4.69, 9.17) is 4.74 Å². The summed E-state index contributed by atoms with van der Waals surface area (Å²) in [4.78, 5) is 27.0. The summed E-state index contributed by atoms with van der Waals surface area (Å²) in [5.41, 5.74) is -0.411. The number of rotatable bonds is 3. The second-order valence-electron chi connectivity index (χ2n) is 6.59. The van der Waals surface area contributed by atoms with Crippen molar-refractivity contribution in [2.24, 2.45) is 5.41 Å². The number of amides is 2. The SMILES string of the molecule is CC(C)NC(=O)C1COCCN1C(=O)C1(C)CCCNC1. The van der Waals surface area contributed by atoms with Gasteiger partial charge in [0.1, 0.15) is 6.04 Å². The summed E-state index contributed by atoms with van der Waals surface area (Å²) >= 11 is 0. The second-order valence-corrected chi connectivity index (χ2v) is 6.59. The minimum atomic E-state index is -0.507. The third-order valence-electron chi connectivity index (χ3n) is 4.24. The van der Waals surface area contributed by atoms with E-state index in [1.807, 2.05) is 20.8 Å². The molecule has 0 bridgehead atoms. The monoisotopic (exact) mass is 297 g/mol. The van der Waals surface area contributed by atoms with Gasteiger partial charge in [0.2, 0.25) is 11.8 Å². The topological polar surface area (TPSA) is 70.7 Å². The molecule has 2 fully saturated rings. The van der Waals surface area contributed by atoms with Gasteiger partial charge in [0.05, 0.1) is 18.6 Å². The van der Waals surface area contributed by atoms with Crippen molar-refractivity contribution in [2.75, 3.05) is 32.8 Å². The molecule has 2 atom stereocenters. The first-order valence-electron chi connectivity index (χ1n) is 7.84. The molecule has 2 amide bonds. The van der Waals surface area contributed by atoms with Crippen LogP contribution in [0, 0.1) is 5.41 Å². The highest BCUT2D eigenvalue weighted by atomic mass is 16.5. The highest BCUT2D eigenvalue weighted by Crippen LogP contribution is 2.29. The van der Waals surface area contributed by atoms with Crippen molar-refractivity contribution in [1.82, 2.24) is 15.5 Å². The molecule has 2 saturated heterocycles. The molecule has 2 aliphatic heterocycles. The van der Waals surface area contributed by atoms with Gasteiger partial charge >= 0.3 is 0 Å². The van der Waals surface area contributed by atoms with Gasteiger partial charge in [-0.3, -0.25) is 9.59 Å². The molecule has 2 rings (SSSR count). The van der Waals surface area contributed by atoms with E-state index in [9.17, 15) is 9.59 Å². The standard InChI is InChI=1S/C15H27N3O3/c1-11(2)17-13(19)12-9-21-8-7-18(12)14(20)15(3)5-4-6-16-10-15/h11-12,16H,4-10H2,1-3H3,(H,17,19). The second kappa shape index (κ2) is 6.75. The number of ether oxygens (including phenoxy) is 1. The molecule has 120 valence electrons. The lowest BCUT2D eigenvalue weighted by Gasteiger charge is -2.42. The summed E-state index contributed by atoms with van der Waals surface area (Å²) in [7, 11) is 0. The first-order chi connectivity index (χ1) is 9.94. The van der Waals surface area contributed by atoms with Crippen LogP contribution >= 0.6 is 0 Å². The van der Waals surface area contributed by atoms with E-state index in [0.717, 1.165) is 19.4 Å². The van der Waals surface area contributed by atoms with Gasteiger partial charge in [0.25, 0.3) is 0 Å².